The molecule has 1 aromatic carbocycles. The summed E-state index contributed by atoms with van der Waals surface area (Å²) in [5.74, 6) is 0. The van der Waals surface area contributed by atoms with Crippen LogP contribution in [0.5, 0.6) is 0 Å². The van der Waals surface area contributed by atoms with Crippen LogP contribution in [0.2, 0.25) is 0 Å². The molecule has 1 atom stereocenters. The molecule has 0 aliphatic carbocycles. The van der Waals surface area contributed by atoms with E-state index in [0.717, 1.165) is 0 Å². The molecule has 0 spiro atoms. The lowest BCUT2D eigenvalue weighted by molar-refractivity contribution is -0.694. The van der Waals surface area contributed by atoms with E-state index in [2.05, 4.69) is 48.6 Å². The highest BCUT2D eigenvalue weighted by atomic mass is 15.1. The van der Waals surface area contributed by atoms with Gasteiger partial charge < -0.3 is 10.2 Å². The molecule has 0 aromatic heterocycles. The fraction of sp³-hybridized carbons (Fsp3) is 0.571. The van der Waals surface area contributed by atoms with Crippen LogP contribution in [0.15, 0.2) is 24.3 Å². The normalized spacial score (nSPS) is 21.5. The molecule has 1 heterocycles. The maximum Gasteiger partial charge on any atom is 0.112 e. The van der Waals surface area contributed by atoms with Gasteiger partial charge in [0.2, 0.25) is 0 Å². The summed E-state index contributed by atoms with van der Waals surface area (Å²) in [7, 11) is 4.21. The Morgan fingerprint density at radius 3 is 2.88 bits per heavy atom. The van der Waals surface area contributed by atoms with E-state index in [1.165, 1.54) is 43.5 Å². The van der Waals surface area contributed by atoms with Crippen LogP contribution in [0.3, 0.4) is 0 Å². The third kappa shape index (κ3) is 2.76. The molecule has 0 amide bonds. The smallest absolute Gasteiger partial charge is 0.112 e. The van der Waals surface area contributed by atoms with Crippen molar-refractivity contribution in [2.45, 2.75) is 31.7 Å². The molecule has 0 bridgehead atoms. The Labute approximate surface area is 98.7 Å². The molecule has 0 saturated carbocycles. The predicted octanol–water partition coefficient (Wildman–Crippen LogP) is 1.93. The predicted molar refractivity (Wildman–Crippen MR) is 68.8 cm³/mol. The topological polar surface area (TPSA) is 19.9 Å². The Kier molecular flexibility index (Phi) is 3.83. The zero-order valence-corrected chi connectivity index (χ0v) is 10.4. The van der Waals surface area contributed by atoms with Gasteiger partial charge in [0.1, 0.15) is 6.04 Å². The van der Waals surface area contributed by atoms with Crippen LogP contribution in [0.25, 0.3) is 0 Å². The van der Waals surface area contributed by atoms with Crippen molar-refractivity contribution >= 4 is 5.69 Å². The molecule has 16 heavy (non-hydrogen) atoms. The summed E-state index contributed by atoms with van der Waals surface area (Å²) in [6, 6.07) is 9.66. The molecule has 2 nitrogen and oxygen atoms in total. The van der Waals surface area contributed by atoms with Crippen LogP contribution in [0.1, 0.15) is 37.3 Å². The van der Waals surface area contributed by atoms with E-state index in [9.17, 15) is 0 Å². The van der Waals surface area contributed by atoms with Gasteiger partial charge in [-0.05, 0) is 31.4 Å². The Morgan fingerprint density at radius 2 is 2.06 bits per heavy atom. The van der Waals surface area contributed by atoms with Gasteiger partial charge in [-0.1, -0.05) is 12.1 Å². The van der Waals surface area contributed by atoms with E-state index in [-0.39, 0.29) is 0 Å². The number of nitrogens with two attached hydrogens (primary N) is 1. The van der Waals surface area contributed by atoms with Crippen molar-refractivity contribution in [2.75, 3.05) is 25.5 Å². The molecular formula is C14H23N2+. The summed E-state index contributed by atoms with van der Waals surface area (Å²) in [5.41, 5.74) is 2.81. The summed E-state index contributed by atoms with van der Waals surface area (Å²) in [5, 5.41) is 2.52. The maximum absolute atomic E-state index is 2.52. The highest BCUT2D eigenvalue weighted by molar-refractivity contribution is 5.47. The number of rotatable bonds is 2. The van der Waals surface area contributed by atoms with Gasteiger partial charge in [0.15, 0.2) is 0 Å². The van der Waals surface area contributed by atoms with Gasteiger partial charge in [0.05, 0.1) is 6.54 Å². The zero-order chi connectivity index (χ0) is 11.4. The van der Waals surface area contributed by atoms with Crippen LogP contribution < -0.4 is 10.2 Å². The third-order valence-corrected chi connectivity index (χ3v) is 3.49. The lowest BCUT2D eigenvalue weighted by Gasteiger charge is -2.17. The highest BCUT2D eigenvalue weighted by Crippen LogP contribution is 2.22. The summed E-state index contributed by atoms with van der Waals surface area (Å²) in [6.07, 6.45) is 5.49. The Balaban J connectivity index is 2.15. The van der Waals surface area contributed by atoms with Crippen LogP contribution in [-0.2, 0) is 0 Å². The van der Waals surface area contributed by atoms with E-state index in [1.807, 2.05) is 0 Å². The first-order chi connectivity index (χ1) is 7.77. The number of quaternary nitrogens is 1. The second-order valence-corrected chi connectivity index (χ2v) is 4.97. The zero-order valence-electron chi connectivity index (χ0n) is 10.4. The summed E-state index contributed by atoms with van der Waals surface area (Å²) in [6.45, 7) is 1.29. The molecule has 0 radical (unpaired) electrons. The summed E-state index contributed by atoms with van der Waals surface area (Å²) in [4.78, 5) is 2.18. The van der Waals surface area contributed by atoms with Gasteiger partial charge in [-0.2, -0.15) is 0 Å². The standard InChI is InChI=1S/C14H22N2/c1-16(2)13-8-6-7-12(11-13)14-9-4-3-5-10-15-14/h6-8,11,14-15H,3-5,9-10H2,1-2H3/p+1/t14-/m0/s1. The van der Waals surface area contributed by atoms with E-state index in [4.69, 9.17) is 0 Å². The number of hydrogen-bond donors (Lipinski definition) is 1. The Morgan fingerprint density at radius 1 is 1.19 bits per heavy atom. The summed E-state index contributed by atoms with van der Waals surface area (Å²) < 4.78 is 0. The molecule has 1 saturated heterocycles. The molecule has 2 heteroatoms. The lowest BCUT2D eigenvalue weighted by atomic mass is 10.0. The van der Waals surface area contributed by atoms with Gasteiger partial charge in [0, 0.05) is 31.8 Å². The monoisotopic (exact) mass is 219 g/mol. The molecule has 2 rings (SSSR count). The number of nitrogens with zero attached hydrogens (tertiary/aromatic N) is 1. The molecule has 88 valence electrons. The number of benzene rings is 1. The average Bonchev–Trinajstić information content (AvgIpc) is 2.57. The molecule has 2 N–H and O–H groups in total. The Hall–Kier alpha value is -1.02. The molecule has 1 aromatic rings. The fourth-order valence-electron chi connectivity index (χ4n) is 2.46. The van der Waals surface area contributed by atoms with E-state index in [1.54, 1.807) is 0 Å². The van der Waals surface area contributed by atoms with E-state index < -0.39 is 0 Å². The largest absolute Gasteiger partial charge is 0.378 e. The van der Waals surface area contributed by atoms with Gasteiger partial charge in [-0.15, -0.1) is 0 Å². The van der Waals surface area contributed by atoms with Crippen molar-refractivity contribution in [2.24, 2.45) is 0 Å². The second kappa shape index (κ2) is 5.35. The first-order valence-electron chi connectivity index (χ1n) is 6.38. The third-order valence-electron chi connectivity index (χ3n) is 3.49. The van der Waals surface area contributed by atoms with Crippen molar-refractivity contribution in [3.8, 4) is 0 Å². The minimum Gasteiger partial charge on any atom is -0.378 e. The van der Waals surface area contributed by atoms with E-state index >= 15 is 0 Å². The van der Waals surface area contributed by atoms with Gasteiger partial charge in [0.25, 0.3) is 0 Å². The van der Waals surface area contributed by atoms with Crippen LogP contribution in [0, 0.1) is 0 Å². The van der Waals surface area contributed by atoms with Crippen molar-refractivity contribution in [3.63, 3.8) is 0 Å². The first kappa shape index (κ1) is 11.5. The lowest BCUT2D eigenvalue weighted by Crippen LogP contribution is -2.84. The molecule has 1 fully saturated rings. The maximum atomic E-state index is 2.52. The van der Waals surface area contributed by atoms with Gasteiger partial charge >= 0.3 is 0 Å². The van der Waals surface area contributed by atoms with Gasteiger partial charge in [-0.25, -0.2) is 0 Å². The van der Waals surface area contributed by atoms with Crippen molar-refractivity contribution in [1.29, 1.82) is 0 Å². The molecule has 0 unspecified atom stereocenters. The minimum absolute atomic E-state index is 0.683. The molecule has 1 aliphatic heterocycles. The average molecular weight is 219 g/mol. The SMILES string of the molecule is CN(C)c1cccc([C@@H]2CCCCC[NH2+]2)c1. The van der Waals surface area contributed by atoms with Gasteiger partial charge in [-0.3, -0.25) is 0 Å². The highest BCUT2D eigenvalue weighted by Gasteiger charge is 2.17. The summed E-state index contributed by atoms with van der Waals surface area (Å²) >= 11 is 0. The first-order valence-corrected chi connectivity index (χ1v) is 6.38. The molecular weight excluding hydrogens is 196 g/mol. The van der Waals surface area contributed by atoms with E-state index in [0.29, 0.717) is 6.04 Å². The Bertz CT molecular complexity index is 325. The van der Waals surface area contributed by atoms with Crippen molar-refractivity contribution < 1.29 is 5.32 Å². The fourth-order valence-corrected chi connectivity index (χ4v) is 2.46. The quantitative estimate of drug-likeness (QED) is 0.805. The minimum atomic E-state index is 0.683. The van der Waals surface area contributed by atoms with Crippen molar-refractivity contribution in [3.05, 3.63) is 29.8 Å². The second-order valence-electron chi connectivity index (χ2n) is 4.97. The van der Waals surface area contributed by atoms with Crippen LogP contribution in [0.4, 0.5) is 5.69 Å². The molecule has 1 aliphatic rings. The van der Waals surface area contributed by atoms with Crippen molar-refractivity contribution in [1.82, 2.24) is 0 Å². The van der Waals surface area contributed by atoms with Crippen LogP contribution >= 0.6 is 0 Å². The number of anilines is 1. The number of hydrogen-bond acceptors (Lipinski definition) is 1. The van der Waals surface area contributed by atoms with Crippen LogP contribution in [-0.4, -0.2) is 20.6 Å².